The van der Waals surface area contributed by atoms with Gasteiger partial charge in [0, 0.05) is 5.39 Å². The lowest BCUT2D eigenvalue weighted by Gasteiger charge is -2.24. The lowest BCUT2D eigenvalue weighted by atomic mass is 9.92. The number of rotatable bonds is 7. The molecule has 1 aromatic heterocycles. The Morgan fingerprint density at radius 2 is 1.90 bits per heavy atom. The van der Waals surface area contributed by atoms with Crippen LogP contribution in [0.1, 0.15) is 51.8 Å². The molecule has 0 amide bonds. The number of hydrogen-bond acceptors (Lipinski definition) is 2. The van der Waals surface area contributed by atoms with Gasteiger partial charge in [0.2, 0.25) is 0 Å². The van der Waals surface area contributed by atoms with Crippen molar-refractivity contribution in [3.63, 3.8) is 0 Å². The van der Waals surface area contributed by atoms with Gasteiger partial charge in [0.25, 0.3) is 0 Å². The highest BCUT2D eigenvalue weighted by molar-refractivity contribution is 5.78. The minimum atomic E-state index is -0.217. The van der Waals surface area contributed by atoms with Crippen molar-refractivity contribution in [2.45, 2.75) is 46.1 Å². The zero-order chi connectivity index (χ0) is 14.5. The van der Waals surface area contributed by atoms with Crippen LogP contribution in [0.4, 0.5) is 4.39 Å². The van der Waals surface area contributed by atoms with Crippen LogP contribution in [-0.2, 0) is 0 Å². The lowest BCUT2D eigenvalue weighted by Crippen LogP contribution is -2.28. The lowest BCUT2D eigenvalue weighted by molar-refractivity contribution is 0.300. The van der Waals surface area contributed by atoms with E-state index in [0.717, 1.165) is 42.5 Å². The monoisotopic (exact) mass is 277 g/mol. The second kappa shape index (κ2) is 6.89. The predicted octanol–water partition coefficient (Wildman–Crippen LogP) is 5.05. The quantitative estimate of drug-likeness (QED) is 0.766. The Kier molecular flexibility index (Phi) is 5.18. The normalized spacial score (nSPS) is 13.2. The molecule has 1 unspecified atom stereocenters. The number of benzene rings is 1. The minimum Gasteiger partial charge on any atom is -0.459 e. The maximum atomic E-state index is 13.3. The van der Waals surface area contributed by atoms with Crippen LogP contribution < -0.4 is 5.32 Å². The fraction of sp³-hybridized carbons (Fsp3) is 0.529. The summed E-state index contributed by atoms with van der Waals surface area (Å²) in [7, 11) is 0. The van der Waals surface area contributed by atoms with Crippen molar-refractivity contribution in [2.75, 3.05) is 6.54 Å². The van der Waals surface area contributed by atoms with Crippen LogP contribution in [0.2, 0.25) is 0 Å². The van der Waals surface area contributed by atoms with E-state index < -0.39 is 0 Å². The Morgan fingerprint density at radius 3 is 2.55 bits per heavy atom. The summed E-state index contributed by atoms with van der Waals surface area (Å²) in [6.07, 6.45) is 3.29. The fourth-order valence-corrected chi connectivity index (χ4v) is 2.75. The molecule has 20 heavy (non-hydrogen) atoms. The standard InChI is InChI=1S/C17H24FNO/c1-4-9-19-17(12(5-2)6-3)16-11-13-10-14(18)7-8-15(13)20-16/h7-8,10-12,17,19H,4-6,9H2,1-3H3. The maximum absolute atomic E-state index is 13.3. The van der Waals surface area contributed by atoms with E-state index in [0.29, 0.717) is 5.92 Å². The molecule has 0 saturated heterocycles. The molecule has 1 heterocycles. The van der Waals surface area contributed by atoms with E-state index in [2.05, 4.69) is 26.1 Å². The highest BCUT2D eigenvalue weighted by Gasteiger charge is 2.23. The SMILES string of the molecule is CCCNC(c1cc2cc(F)ccc2o1)C(CC)CC. The van der Waals surface area contributed by atoms with Gasteiger partial charge in [-0.3, -0.25) is 0 Å². The molecule has 0 aliphatic carbocycles. The van der Waals surface area contributed by atoms with Crippen LogP contribution in [0.25, 0.3) is 11.0 Å². The van der Waals surface area contributed by atoms with Gasteiger partial charge in [-0.1, -0.05) is 33.6 Å². The zero-order valence-corrected chi connectivity index (χ0v) is 12.6. The van der Waals surface area contributed by atoms with Crippen molar-refractivity contribution in [1.82, 2.24) is 5.32 Å². The molecule has 1 atom stereocenters. The molecule has 0 bridgehead atoms. The topological polar surface area (TPSA) is 25.2 Å². The molecule has 0 spiro atoms. The van der Waals surface area contributed by atoms with E-state index in [9.17, 15) is 4.39 Å². The summed E-state index contributed by atoms with van der Waals surface area (Å²) in [6.45, 7) is 7.53. The first-order chi connectivity index (χ1) is 9.69. The second-order valence-corrected chi connectivity index (χ2v) is 5.34. The summed E-state index contributed by atoms with van der Waals surface area (Å²) in [6, 6.07) is 6.87. The summed E-state index contributed by atoms with van der Waals surface area (Å²) in [5.74, 6) is 1.24. The molecule has 0 radical (unpaired) electrons. The third-order valence-electron chi connectivity index (χ3n) is 3.94. The molecule has 2 rings (SSSR count). The van der Waals surface area contributed by atoms with Gasteiger partial charge in [-0.05, 0) is 43.1 Å². The van der Waals surface area contributed by atoms with Crippen LogP contribution >= 0.6 is 0 Å². The Bertz CT molecular complexity index is 545. The van der Waals surface area contributed by atoms with Gasteiger partial charge < -0.3 is 9.73 Å². The molecule has 110 valence electrons. The van der Waals surface area contributed by atoms with E-state index in [-0.39, 0.29) is 11.9 Å². The summed E-state index contributed by atoms with van der Waals surface area (Å²) in [5, 5.41) is 4.42. The summed E-state index contributed by atoms with van der Waals surface area (Å²) >= 11 is 0. The van der Waals surface area contributed by atoms with Gasteiger partial charge in [-0.25, -0.2) is 4.39 Å². The van der Waals surface area contributed by atoms with Crippen molar-refractivity contribution in [3.8, 4) is 0 Å². The Labute approximate surface area is 120 Å². The number of furan rings is 1. The van der Waals surface area contributed by atoms with E-state index in [1.807, 2.05) is 6.07 Å². The van der Waals surface area contributed by atoms with E-state index in [1.54, 1.807) is 6.07 Å². The second-order valence-electron chi connectivity index (χ2n) is 5.34. The maximum Gasteiger partial charge on any atom is 0.134 e. The van der Waals surface area contributed by atoms with Gasteiger partial charge in [0.1, 0.15) is 17.2 Å². The van der Waals surface area contributed by atoms with Gasteiger partial charge in [-0.2, -0.15) is 0 Å². The van der Waals surface area contributed by atoms with Crippen molar-refractivity contribution < 1.29 is 8.81 Å². The summed E-state index contributed by atoms with van der Waals surface area (Å²) < 4.78 is 19.2. The third-order valence-corrected chi connectivity index (χ3v) is 3.94. The first kappa shape index (κ1) is 15.0. The van der Waals surface area contributed by atoms with Gasteiger partial charge in [0.15, 0.2) is 0 Å². The fourth-order valence-electron chi connectivity index (χ4n) is 2.75. The number of nitrogens with one attached hydrogen (secondary N) is 1. The molecule has 1 N–H and O–H groups in total. The van der Waals surface area contributed by atoms with E-state index >= 15 is 0 Å². The zero-order valence-electron chi connectivity index (χ0n) is 12.6. The van der Waals surface area contributed by atoms with Crippen molar-refractivity contribution in [3.05, 3.63) is 35.8 Å². The highest BCUT2D eigenvalue weighted by atomic mass is 19.1. The van der Waals surface area contributed by atoms with Gasteiger partial charge >= 0.3 is 0 Å². The first-order valence-electron chi connectivity index (χ1n) is 7.61. The largest absolute Gasteiger partial charge is 0.459 e. The van der Waals surface area contributed by atoms with Crippen LogP contribution in [0.15, 0.2) is 28.7 Å². The highest BCUT2D eigenvalue weighted by Crippen LogP contribution is 2.31. The first-order valence-corrected chi connectivity index (χ1v) is 7.61. The van der Waals surface area contributed by atoms with Gasteiger partial charge in [-0.15, -0.1) is 0 Å². The molecule has 2 aromatic rings. The molecule has 0 saturated carbocycles. The summed E-state index contributed by atoms with van der Waals surface area (Å²) in [4.78, 5) is 0. The Hall–Kier alpha value is -1.35. The third kappa shape index (κ3) is 3.21. The van der Waals surface area contributed by atoms with Crippen LogP contribution in [0, 0.1) is 11.7 Å². The summed E-state index contributed by atoms with van der Waals surface area (Å²) in [5.41, 5.74) is 0.760. The molecule has 3 heteroatoms. The van der Waals surface area contributed by atoms with Crippen LogP contribution in [0.5, 0.6) is 0 Å². The number of hydrogen-bond donors (Lipinski definition) is 1. The average molecular weight is 277 g/mol. The van der Waals surface area contributed by atoms with Crippen LogP contribution in [0.3, 0.4) is 0 Å². The van der Waals surface area contributed by atoms with Crippen molar-refractivity contribution in [2.24, 2.45) is 5.92 Å². The van der Waals surface area contributed by atoms with E-state index in [4.69, 9.17) is 4.42 Å². The molecule has 1 aromatic carbocycles. The minimum absolute atomic E-state index is 0.209. The van der Waals surface area contributed by atoms with Crippen LogP contribution in [-0.4, -0.2) is 6.54 Å². The van der Waals surface area contributed by atoms with Gasteiger partial charge in [0.05, 0.1) is 6.04 Å². The van der Waals surface area contributed by atoms with E-state index in [1.165, 1.54) is 12.1 Å². The number of fused-ring (bicyclic) bond motifs is 1. The van der Waals surface area contributed by atoms with Crippen molar-refractivity contribution >= 4 is 11.0 Å². The molecular weight excluding hydrogens is 253 g/mol. The molecule has 2 nitrogen and oxygen atoms in total. The predicted molar refractivity (Wildman–Crippen MR) is 81.3 cm³/mol. The Balaban J connectivity index is 2.33. The average Bonchev–Trinajstić information content (AvgIpc) is 2.86. The molecule has 0 aliphatic heterocycles. The Morgan fingerprint density at radius 1 is 1.15 bits per heavy atom. The number of halogens is 1. The molecule has 0 aliphatic rings. The van der Waals surface area contributed by atoms with Crippen molar-refractivity contribution in [1.29, 1.82) is 0 Å². The smallest absolute Gasteiger partial charge is 0.134 e. The molecular formula is C17H24FNO. The molecule has 0 fully saturated rings.